The van der Waals surface area contributed by atoms with E-state index in [1.54, 1.807) is 6.07 Å². The van der Waals surface area contributed by atoms with Crippen molar-refractivity contribution in [1.82, 2.24) is 19.8 Å². The summed E-state index contributed by atoms with van der Waals surface area (Å²) in [7, 11) is 0. The largest absolute Gasteiger partial charge is 0.573 e. The molecule has 1 aliphatic rings. The minimum absolute atomic E-state index is 0.173. The lowest BCUT2D eigenvalue weighted by Crippen LogP contribution is -2.45. The molecule has 5 rings (SSSR count). The molecule has 3 aromatic carbocycles. The number of nitrogens with zero attached hydrogens (tertiary/aromatic N) is 3. The fourth-order valence-electron chi connectivity index (χ4n) is 4.35. The SMILES string of the molecule is FC(F)(F)Oc1cccc(CN2CCN(Cc3ccc4[nH]c(-c5ccccc5)nc4c3)CC2)c1. The van der Waals surface area contributed by atoms with Crippen molar-refractivity contribution in [2.24, 2.45) is 0 Å². The standard InChI is InChI=1S/C26H25F3N4O/c27-26(28,29)34-22-8-4-5-19(15-22)17-32-11-13-33(14-12-32)18-20-9-10-23-24(16-20)31-25(30-23)21-6-2-1-3-7-21/h1-10,15-16H,11-14,17-18H2,(H,30,31). The van der Waals surface area contributed by atoms with E-state index in [1.807, 2.05) is 36.4 Å². The van der Waals surface area contributed by atoms with Crippen LogP contribution in [0.1, 0.15) is 11.1 Å². The van der Waals surface area contributed by atoms with Gasteiger partial charge in [-0.2, -0.15) is 0 Å². The zero-order chi connectivity index (χ0) is 23.5. The van der Waals surface area contributed by atoms with E-state index in [0.29, 0.717) is 6.54 Å². The first-order valence-electron chi connectivity index (χ1n) is 11.2. The van der Waals surface area contributed by atoms with E-state index in [4.69, 9.17) is 4.98 Å². The van der Waals surface area contributed by atoms with Crippen molar-refractivity contribution in [2.45, 2.75) is 19.5 Å². The third-order valence-corrected chi connectivity index (χ3v) is 6.00. The van der Waals surface area contributed by atoms with Crippen LogP contribution < -0.4 is 4.74 Å². The molecule has 1 aromatic heterocycles. The van der Waals surface area contributed by atoms with E-state index >= 15 is 0 Å². The van der Waals surface area contributed by atoms with Crippen LogP contribution in [0.15, 0.2) is 72.8 Å². The van der Waals surface area contributed by atoms with Crippen LogP contribution in [-0.2, 0) is 13.1 Å². The third-order valence-electron chi connectivity index (χ3n) is 6.00. The van der Waals surface area contributed by atoms with Crippen molar-refractivity contribution in [2.75, 3.05) is 26.2 Å². The molecular formula is C26H25F3N4O. The van der Waals surface area contributed by atoms with Gasteiger partial charge in [-0.15, -0.1) is 13.2 Å². The topological polar surface area (TPSA) is 44.4 Å². The van der Waals surface area contributed by atoms with Crippen LogP contribution in [0.5, 0.6) is 5.75 Å². The molecule has 1 fully saturated rings. The summed E-state index contributed by atoms with van der Waals surface area (Å²) in [5.41, 5.74) is 5.06. The number of H-pyrrole nitrogens is 1. The maximum Gasteiger partial charge on any atom is 0.573 e. The Morgan fingerprint density at radius 3 is 2.15 bits per heavy atom. The Balaban J connectivity index is 1.17. The van der Waals surface area contributed by atoms with Gasteiger partial charge in [0.05, 0.1) is 11.0 Å². The van der Waals surface area contributed by atoms with E-state index < -0.39 is 6.36 Å². The average molecular weight is 467 g/mol. The maximum atomic E-state index is 12.5. The normalized spacial score (nSPS) is 15.6. The van der Waals surface area contributed by atoms with Gasteiger partial charge >= 0.3 is 6.36 Å². The van der Waals surface area contributed by atoms with Crippen molar-refractivity contribution in [1.29, 1.82) is 0 Å². The number of rotatable bonds is 6. The number of aromatic amines is 1. The van der Waals surface area contributed by atoms with E-state index in [0.717, 1.165) is 60.7 Å². The zero-order valence-electron chi connectivity index (χ0n) is 18.6. The molecular weight excluding hydrogens is 441 g/mol. The van der Waals surface area contributed by atoms with E-state index in [-0.39, 0.29) is 5.75 Å². The number of halogens is 3. The molecule has 0 unspecified atom stereocenters. The van der Waals surface area contributed by atoms with Gasteiger partial charge in [0.1, 0.15) is 11.6 Å². The van der Waals surface area contributed by atoms with Crippen LogP contribution in [0.4, 0.5) is 13.2 Å². The Kier molecular flexibility index (Phi) is 6.26. The van der Waals surface area contributed by atoms with Gasteiger partial charge in [0, 0.05) is 44.8 Å². The highest BCUT2D eigenvalue weighted by atomic mass is 19.4. The molecule has 4 aromatic rings. The van der Waals surface area contributed by atoms with E-state index in [2.05, 4.69) is 37.7 Å². The molecule has 0 aliphatic carbocycles. The van der Waals surface area contributed by atoms with Crippen molar-refractivity contribution in [3.63, 3.8) is 0 Å². The van der Waals surface area contributed by atoms with Gasteiger partial charge in [-0.05, 0) is 35.4 Å². The number of fused-ring (bicyclic) bond motifs is 1. The quantitative estimate of drug-likeness (QED) is 0.411. The smallest absolute Gasteiger partial charge is 0.406 e. The molecule has 0 bridgehead atoms. The summed E-state index contributed by atoms with van der Waals surface area (Å²) in [4.78, 5) is 12.8. The molecule has 0 radical (unpaired) electrons. The molecule has 0 spiro atoms. The maximum absolute atomic E-state index is 12.5. The lowest BCUT2D eigenvalue weighted by atomic mass is 10.1. The number of benzene rings is 3. The molecule has 1 aliphatic heterocycles. The number of hydrogen-bond donors (Lipinski definition) is 1. The molecule has 0 atom stereocenters. The molecule has 5 nitrogen and oxygen atoms in total. The number of nitrogens with one attached hydrogen (secondary N) is 1. The minimum Gasteiger partial charge on any atom is -0.406 e. The number of hydrogen-bond acceptors (Lipinski definition) is 4. The van der Waals surface area contributed by atoms with Gasteiger partial charge in [0.2, 0.25) is 0 Å². The molecule has 2 heterocycles. The molecule has 1 N–H and O–H groups in total. The summed E-state index contributed by atoms with van der Waals surface area (Å²) >= 11 is 0. The second kappa shape index (κ2) is 9.48. The van der Waals surface area contributed by atoms with Crippen LogP contribution in [0, 0.1) is 0 Å². The number of alkyl halides is 3. The third kappa shape index (κ3) is 5.58. The summed E-state index contributed by atoms with van der Waals surface area (Å²) in [6, 6.07) is 22.6. The molecule has 176 valence electrons. The number of imidazole rings is 1. The second-order valence-corrected chi connectivity index (χ2v) is 8.55. The molecule has 0 saturated carbocycles. The van der Waals surface area contributed by atoms with Gasteiger partial charge in [0.15, 0.2) is 0 Å². The Bertz CT molecular complexity index is 1250. The summed E-state index contributed by atoms with van der Waals surface area (Å²) in [6.07, 6.45) is -4.67. The Labute approximate surface area is 195 Å². The average Bonchev–Trinajstić information content (AvgIpc) is 3.24. The molecule has 34 heavy (non-hydrogen) atoms. The Morgan fingerprint density at radius 1 is 0.794 bits per heavy atom. The molecule has 8 heteroatoms. The lowest BCUT2D eigenvalue weighted by Gasteiger charge is -2.34. The fraction of sp³-hybridized carbons (Fsp3) is 0.269. The monoisotopic (exact) mass is 466 g/mol. The Morgan fingerprint density at radius 2 is 1.47 bits per heavy atom. The highest BCUT2D eigenvalue weighted by Crippen LogP contribution is 2.25. The van der Waals surface area contributed by atoms with Crippen LogP contribution in [-0.4, -0.2) is 52.3 Å². The predicted octanol–water partition coefficient (Wildman–Crippen LogP) is 5.45. The minimum atomic E-state index is -4.67. The first kappa shape index (κ1) is 22.4. The van der Waals surface area contributed by atoms with Crippen molar-refractivity contribution < 1.29 is 17.9 Å². The van der Waals surface area contributed by atoms with Crippen LogP contribution in [0.25, 0.3) is 22.4 Å². The summed E-state index contributed by atoms with van der Waals surface area (Å²) in [5, 5.41) is 0. The van der Waals surface area contributed by atoms with Crippen molar-refractivity contribution in [3.05, 3.63) is 83.9 Å². The van der Waals surface area contributed by atoms with Gasteiger partial charge in [0.25, 0.3) is 0 Å². The number of aromatic nitrogens is 2. The van der Waals surface area contributed by atoms with Crippen molar-refractivity contribution >= 4 is 11.0 Å². The van der Waals surface area contributed by atoms with E-state index in [1.165, 1.54) is 17.7 Å². The summed E-state index contributed by atoms with van der Waals surface area (Å²) in [5.74, 6) is 0.693. The Hall–Kier alpha value is -3.36. The summed E-state index contributed by atoms with van der Waals surface area (Å²) in [6.45, 7) is 4.94. The predicted molar refractivity (Wildman–Crippen MR) is 125 cm³/mol. The van der Waals surface area contributed by atoms with Gasteiger partial charge in [-0.1, -0.05) is 48.5 Å². The van der Waals surface area contributed by atoms with E-state index in [9.17, 15) is 13.2 Å². The zero-order valence-corrected chi connectivity index (χ0v) is 18.6. The van der Waals surface area contributed by atoms with Crippen LogP contribution >= 0.6 is 0 Å². The first-order valence-corrected chi connectivity index (χ1v) is 11.2. The van der Waals surface area contributed by atoms with Gasteiger partial charge in [-0.3, -0.25) is 9.80 Å². The molecule has 0 amide bonds. The highest BCUT2D eigenvalue weighted by molar-refractivity contribution is 5.80. The van der Waals surface area contributed by atoms with Crippen molar-refractivity contribution in [3.8, 4) is 17.1 Å². The first-order chi connectivity index (χ1) is 16.4. The number of piperazine rings is 1. The fourth-order valence-corrected chi connectivity index (χ4v) is 4.35. The number of ether oxygens (including phenoxy) is 1. The van der Waals surface area contributed by atoms with Gasteiger partial charge < -0.3 is 9.72 Å². The van der Waals surface area contributed by atoms with Crippen LogP contribution in [0.2, 0.25) is 0 Å². The molecule has 1 saturated heterocycles. The lowest BCUT2D eigenvalue weighted by molar-refractivity contribution is -0.274. The van der Waals surface area contributed by atoms with Gasteiger partial charge in [-0.25, -0.2) is 4.98 Å². The van der Waals surface area contributed by atoms with Crippen LogP contribution in [0.3, 0.4) is 0 Å². The summed E-state index contributed by atoms with van der Waals surface area (Å²) < 4.78 is 41.5. The second-order valence-electron chi connectivity index (χ2n) is 8.55. The highest BCUT2D eigenvalue weighted by Gasteiger charge is 2.31.